The number of rotatable bonds is 5. The molecule has 25 heavy (non-hydrogen) atoms. The number of carbonyl (C=O) groups is 1. The van der Waals surface area contributed by atoms with E-state index >= 15 is 0 Å². The quantitative estimate of drug-likeness (QED) is 0.646. The van der Waals surface area contributed by atoms with E-state index < -0.39 is 0 Å². The molecule has 0 amide bonds. The Morgan fingerprint density at radius 1 is 1.08 bits per heavy atom. The Kier molecular flexibility index (Phi) is 5.62. The van der Waals surface area contributed by atoms with Crippen molar-refractivity contribution in [3.63, 3.8) is 0 Å². The number of benzene rings is 2. The van der Waals surface area contributed by atoms with Crippen LogP contribution in [0.4, 0.5) is 0 Å². The SMILES string of the molecule is CC1=CCC(=O)C(Cc2cccc(COc3cc(Cl)ccc3Cl)c2)=C1. The van der Waals surface area contributed by atoms with E-state index in [1.54, 1.807) is 18.2 Å². The zero-order valence-electron chi connectivity index (χ0n) is 13.9. The van der Waals surface area contributed by atoms with Gasteiger partial charge in [-0.2, -0.15) is 0 Å². The number of ketones is 1. The molecule has 1 aliphatic rings. The maximum Gasteiger partial charge on any atom is 0.162 e. The monoisotopic (exact) mass is 372 g/mol. The number of halogens is 2. The molecule has 0 aliphatic heterocycles. The second kappa shape index (κ2) is 7.90. The summed E-state index contributed by atoms with van der Waals surface area (Å²) in [5.41, 5.74) is 4.11. The van der Waals surface area contributed by atoms with E-state index in [0.29, 0.717) is 35.2 Å². The van der Waals surface area contributed by atoms with Gasteiger partial charge in [0.05, 0.1) is 5.02 Å². The molecule has 0 aromatic heterocycles. The molecule has 2 aromatic rings. The highest BCUT2D eigenvalue weighted by Gasteiger charge is 2.13. The minimum Gasteiger partial charge on any atom is -0.487 e. The highest BCUT2D eigenvalue weighted by Crippen LogP contribution is 2.28. The Balaban J connectivity index is 1.70. The molecule has 0 saturated carbocycles. The molecule has 4 heteroatoms. The van der Waals surface area contributed by atoms with Gasteiger partial charge in [-0.25, -0.2) is 0 Å². The van der Waals surface area contributed by atoms with Crippen LogP contribution in [0.2, 0.25) is 10.0 Å². The standard InChI is InChI=1S/C21H18Cl2O2/c1-14-5-8-20(24)17(9-14)11-15-3-2-4-16(10-15)13-25-21-12-18(22)6-7-19(21)23/h2-7,9-10,12H,8,11,13H2,1H3. The summed E-state index contributed by atoms with van der Waals surface area (Å²) in [6, 6.07) is 13.2. The van der Waals surface area contributed by atoms with Crippen molar-refractivity contribution in [3.8, 4) is 5.75 Å². The predicted molar refractivity (Wildman–Crippen MR) is 102 cm³/mol. The lowest BCUT2D eigenvalue weighted by Gasteiger charge is -2.12. The molecule has 2 aromatic carbocycles. The molecule has 0 spiro atoms. The molecule has 128 valence electrons. The second-order valence-electron chi connectivity index (χ2n) is 6.11. The average molecular weight is 373 g/mol. The molecule has 0 radical (unpaired) electrons. The number of Topliss-reactive ketones (excluding diaryl/α,β-unsaturated/α-hetero) is 1. The summed E-state index contributed by atoms with van der Waals surface area (Å²) >= 11 is 12.1. The molecular weight excluding hydrogens is 355 g/mol. The van der Waals surface area contributed by atoms with E-state index in [4.69, 9.17) is 27.9 Å². The zero-order chi connectivity index (χ0) is 17.8. The van der Waals surface area contributed by atoms with Crippen LogP contribution in [0.3, 0.4) is 0 Å². The van der Waals surface area contributed by atoms with Crippen molar-refractivity contribution >= 4 is 29.0 Å². The van der Waals surface area contributed by atoms with E-state index in [1.807, 2.05) is 37.3 Å². The molecular formula is C21H18Cl2O2. The fraction of sp³-hybridized carbons (Fsp3) is 0.190. The smallest absolute Gasteiger partial charge is 0.162 e. The minimum atomic E-state index is 0.193. The van der Waals surface area contributed by atoms with E-state index in [-0.39, 0.29) is 5.78 Å². The van der Waals surface area contributed by atoms with Crippen LogP contribution in [0, 0.1) is 0 Å². The van der Waals surface area contributed by atoms with Crippen LogP contribution in [0.25, 0.3) is 0 Å². The number of ether oxygens (including phenoxy) is 1. The van der Waals surface area contributed by atoms with E-state index in [0.717, 1.165) is 22.3 Å². The lowest BCUT2D eigenvalue weighted by atomic mass is 9.93. The Hall–Kier alpha value is -2.03. The van der Waals surface area contributed by atoms with Crippen molar-refractivity contribution in [2.75, 3.05) is 0 Å². The van der Waals surface area contributed by atoms with Gasteiger partial charge < -0.3 is 4.74 Å². The molecule has 0 atom stereocenters. The van der Waals surface area contributed by atoms with Gasteiger partial charge in [0.25, 0.3) is 0 Å². The Bertz CT molecular complexity index is 866. The summed E-state index contributed by atoms with van der Waals surface area (Å²) in [5, 5.41) is 1.11. The molecule has 1 aliphatic carbocycles. The van der Waals surface area contributed by atoms with Crippen molar-refractivity contribution in [1.29, 1.82) is 0 Å². The third kappa shape index (κ3) is 4.75. The maximum atomic E-state index is 12.0. The first-order chi connectivity index (χ1) is 12.0. The summed E-state index contributed by atoms with van der Waals surface area (Å²) in [5.74, 6) is 0.753. The number of carbonyl (C=O) groups excluding carboxylic acids is 1. The lowest BCUT2D eigenvalue weighted by Crippen LogP contribution is -2.08. The van der Waals surface area contributed by atoms with Gasteiger partial charge >= 0.3 is 0 Å². The van der Waals surface area contributed by atoms with Crippen LogP contribution in [0.15, 0.2) is 65.8 Å². The maximum absolute atomic E-state index is 12.0. The third-order valence-electron chi connectivity index (χ3n) is 4.04. The van der Waals surface area contributed by atoms with Gasteiger partial charge in [0, 0.05) is 29.5 Å². The first-order valence-electron chi connectivity index (χ1n) is 8.07. The van der Waals surface area contributed by atoms with Crippen molar-refractivity contribution in [2.24, 2.45) is 0 Å². The molecule has 0 saturated heterocycles. The second-order valence-corrected chi connectivity index (χ2v) is 6.95. The van der Waals surface area contributed by atoms with E-state index in [1.165, 1.54) is 0 Å². The van der Waals surface area contributed by atoms with E-state index in [2.05, 4.69) is 6.07 Å². The summed E-state index contributed by atoms with van der Waals surface area (Å²) in [7, 11) is 0. The van der Waals surface area contributed by atoms with Crippen LogP contribution in [-0.2, 0) is 17.8 Å². The fourth-order valence-corrected chi connectivity index (χ4v) is 3.08. The summed E-state index contributed by atoms with van der Waals surface area (Å²) in [4.78, 5) is 12.0. The van der Waals surface area contributed by atoms with Crippen LogP contribution in [-0.4, -0.2) is 5.78 Å². The van der Waals surface area contributed by atoms with E-state index in [9.17, 15) is 4.79 Å². The Morgan fingerprint density at radius 3 is 2.72 bits per heavy atom. The highest BCUT2D eigenvalue weighted by molar-refractivity contribution is 6.34. The largest absolute Gasteiger partial charge is 0.487 e. The molecule has 0 bridgehead atoms. The number of hydrogen-bond acceptors (Lipinski definition) is 2. The van der Waals surface area contributed by atoms with Gasteiger partial charge in [0.15, 0.2) is 5.78 Å². The lowest BCUT2D eigenvalue weighted by molar-refractivity contribution is -0.115. The van der Waals surface area contributed by atoms with Crippen LogP contribution < -0.4 is 4.74 Å². The van der Waals surface area contributed by atoms with Crippen LogP contribution >= 0.6 is 23.2 Å². The fourth-order valence-electron chi connectivity index (χ4n) is 2.75. The van der Waals surface area contributed by atoms with Gasteiger partial charge in [-0.3, -0.25) is 4.79 Å². The van der Waals surface area contributed by atoms with Crippen molar-refractivity contribution in [1.82, 2.24) is 0 Å². The first kappa shape index (κ1) is 17.8. The summed E-state index contributed by atoms with van der Waals surface area (Å²) < 4.78 is 5.78. The topological polar surface area (TPSA) is 26.3 Å². The Morgan fingerprint density at radius 2 is 1.88 bits per heavy atom. The van der Waals surface area contributed by atoms with Crippen molar-refractivity contribution in [2.45, 2.75) is 26.4 Å². The van der Waals surface area contributed by atoms with Gasteiger partial charge in [-0.05, 0) is 30.2 Å². The molecule has 0 N–H and O–H groups in total. The molecule has 0 fully saturated rings. The normalized spacial score (nSPS) is 14.1. The van der Waals surface area contributed by atoms with Gasteiger partial charge in [0.1, 0.15) is 12.4 Å². The Labute approximate surface area is 157 Å². The van der Waals surface area contributed by atoms with Crippen molar-refractivity contribution < 1.29 is 9.53 Å². The first-order valence-corrected chi connectivity index (χ1v) is 8.83. The number of hydrogen-bond donors (Lipinski definition) is 0. The highest BCUT2D eigenvalue weighted by atomic mass is 35.5. The molecule has 0 unspecified atom stereocenters. The zero-order valence-corrected chi connectivity index (χ0v) is 15.4. The van der Waals surface area contributed by atoms with Crippen LogP contribution in [0.1, 0.15) is 24.5 Å². The molecule has 2 nitrogen and oxygen atoms in total. The summed E-state index contributed by atoms with van der Waals surface area (Å²) in [6.45, 7) is 2.41. The van der Waals surface area contributed by atoms with Gasteiger partial charge in [0.2, 0.25) is 0 Å². The molecule has 0 heterocycles. The number of allylic oxidation sites excluding steroid dienone is 4. The summed E-state index contributed by atoms with van der Waals surface area (Å²) in [6.07, 6.45) is 5.06. The van der Waals surface area contributed by atoms with Crippen molar-refractivity contribution in [3.05, 3.63) is 86.9 Å². The predicted octanol–water partition coefficient (Wildman–Crippen LogP) is 5.96. The minimum absolute atomic E-state index is 0.193. The third-order valence-corrected chi connectivity index (χ3v) is 4.59. The van der Waals surface area contributed by atoms with Gasteiger partial charge in [-0.15, -0.1) is 0 Å². The van der Waals surface area contributed by atoms with Gasteiger partial charge in [-0.1, -0.05) is 65.2 Å². The average Bonchev–Trinajstić information content (AvgIpc) is 2.59. The van der Waals surface area contributed by atoms with Crippen LogP contribution in [0.5, 0.6) is 5.75 Å². The molecule has 3 rings (SSSR count).